The molecule has 3 aromatic rings. The molecule has 5 nitrogen and oxygen atoms in total. The van der Waals surface area contributed by atoms with Crippen LogP contribution in [-0.2, 0) is 6.54 Å². The average molecular weight is 254 g/mol. The van der Waals surface area contributed by atoms with Gasteiger partial charge in [-0.1, -0.05) is 0 Å². The zero-order valence-electron chi connectivity index (χ0n) is 10.6. The van der Waals surface area contributed by atoms with Gasteiger partial charge in [0.2, 0.25) is 5.89 Å². The van der Waals surface area contributed by atoms with Crippen LogP contribution in [0.1, 0.15) is 11.7 Å². The van der Waals surface area contributed by atoms with Crippen molar-refractivity contribution in [1.29, 1.82) is 0 Å². The van der Waals surface area contributed by atoms with Crippen molar-refractivity contribution in [3.8, 4) is 0 Å². The number of nitrogens with zero attached hydrogens (tertiary/aromatic N) is 2. The number of aromatic nitrogens is 2. The number of hydrogen-bond acceptors (Lipinski definition) is 5. The molecule has 0 amide bonds. The molecule has 96 valence electrons. The van der Waals surface area contributed by atoms with Gasteiger partial charge in [0.05, 0.1) is 12.7 Å². The first-order valence-corrected chi connectivity index (χ1v) is 6.01. The van der Waals surface area contributed by atoms with Crippen LogP contribution in [0.3, 0.4) is 0 Å². The Labute approximate surface area is 110 Å². The Balaban J connectivity index is 1.91. The van der Waals surface area contributed by atoms with Gasteiger partial charge in [0.15, 0.2) is 0 Å². The summed E-state index contributed by atoms with van der Waals surface area (Å²) in [6.07, 6.45) is 5.24. The Morgan fingerprint density at radius 3 is 2.89 bits per heavy atom. The van der Waals surface area contributed by atoms with E-state index in [1.54, 1.807) is 18.6 Å². The van der Waals surface area contributed by atoms with Crippen molar-refractivity contribution in [3.05, 3.63) is 48.4 Å². The number of benzene rings is 1. The lowest BCUT2D eigenvalue weighted by Crippen LogP contribution is -2.01. The minimum absolute atomic E-state index is 0.530. The van der Waals surface area contributed by atoms with E-state index in [0.29, 0.717) is 12.4 Å². The summed E-state index contributed by atoms with van der Waals surface area (Å²) in [5.74, 6) is 1.46. The van der Waals surface area contributed by atoms with Crippen molar-refractivity contribution in [1.82, 2.24) is 9.97 Å². The van der Waals surface area contributed by atoms with E-state index >= 15 is 0 Å². The van der Waals surface area contributed by atoms with E-state index in [4.69, 9.17) is 10.2 Å². The van der Waals surface area contributed by atoms with E-state index in [0.717, 1.165) is 27.9 Å². The molecule has 0 saturated heterocycles. The summed E-state index contributed by atoms with van der Waals surface area (Å²) in [6.45, 7) is 2.40. The lowest BCUT2D eigenvalue weighted by molar-refractivity contribution is 0.479. The Kier molecular flexibility index (Phi) is 2.79. The first kappa shape index (κ1) is 11.5. The third kappa shape index (κ3) is 2.22. The number of pyridine rings is 1. The van der Waals surface area contributed by atoms with Crippen LogP contribution in [0, 0.1) is 6.92 Å². The number of fused-ring (bicyclic) bond motifs is 1. The SMILES string of the molecule is Cc1cnc(CNc2ccc(N)c3ccncc23)o1. The minimum Gasteiger partial charge on any atom is -0.444 e. The van der Waals surface area contributed by atoms with Crippen LogP contribution < -0.4 is 11.1 Å². The van der Waals surface area contributed by atoms with E-state index in [1.165, 1.54) is 0 Å². The molecule has 0 aliphatic carbocycles. The lowest BCUT2D eigenvalue weighted by Gasteiger charge is -2.09. The summed E-state index contributed by atoms with van der Waals surface area (Å²) >= 11 is 0. The van der Waals surface area contributed by atoms with Crippen LogP contribution >= 0.6 is 0 Å². The normalized spacial score (nSPS) is 10.8. The summed E-state index contributed by atoms with van der Waals surface area (Å²) in [5.41, 5.74) is 7.66. The zero-order chi connectivity index (χ0) is 13.2. The number of aryl methyl sites for hydroxylation is 1. The van der Waals surface area contributed by atoms with Crippen LogP contribution in [-0.4, -0.2) is 9.97 Å². The molecule has 0 fully saturated rings. The monoisotopic (exact) mass is 254 g/mol. The molecule has 0 aliphatic rings. The average Bonchev–Trinajstić information content (AvgIpc) is 2.84. The number of oxazole rings is 1. The van der Waals surface area contributed by atoms with Gasteiger partial charge in [-0.15, -0.1) is 0 Å². The molecule has 0 saturated carbocycles. The molecule has 2 aromatic heterocycles. The van der Waals surface area contributed by atoms with Crippen molar-refractivity contribution in [2.24, 2.45) is 0 Å². The van der Waals surface area contributed by atoms with Crippen LogP contribution in [0.25, 0.3) is 10.8 Å². The molecule has 19 heavy (non-hydrogen) atoms. The minimum atomic E-state index is 0.530. The lowest BCUT2D eigenvalue weighted by atomic mass is 10.1. The fourth-order valence-electron chi connectivity index (χ4n) is 2.02. The predicted octanol–water partition coefficient (Wildman–Crippen LogP) is 2.73. The first-order valence-electron chi connectivity index (χ1n) is 6.01. The summed E-state index contributed by atoms with van der Waals surface area (Å²) < 4.78 is 5.43. The Morgan fingerprint density at radius 1 is 1.21 bits per heavy atom. The standard InChI is InChI=1S/C14H14N4O/c1-9-6-18-14(19-9)8-17-13-3-2-12(15)10-4-5-16-7-11(10)13/h2-7,17H,8,15H2,1H3. The number of anilines is 2. The van der Waals surface area contributed by atoms with E-state index in [-0.39, 0.29) is 0 Å². The Bertz CT molecular complexity index is 720. The number of nitrogens with one attached hydrogen (secondary N) is 1. The third-order valence-corrected chi connectivity index (χ3v) is 2.95. The fourth-order valence-corrected chi connectivity index (χ4v) is 2.02. The second-order valence-corrected chi connectivity index (χ2v) is 4.34. The second-order valence-electron chi connectivity index (χ2n) is 4.34. The predicted molar refractivity (Wildman–Crippen MR) is 74.7 cm³/mol. The van der Waals surface area contributed by atoms with Gasteiger partial charge < -0.3 is 15.5 Å². The third-order valence-electron chi connectivity index (χ3n) is 2.95. The first-order chi connectivity index (χ1) is 9.24. The molecule has 3 rings (SSSR count). The maximum absolute atomic E-state index is 5.95. The van der Waals surface area contributed by atoms with Crippen molar-refractivity contribution < 1.29 is 4.42 Å². The molecule has 2 heterocycles. The summed E-state index contributed by atoms with van der Waals surface area (Å²) in [4.78, 5) is 8.30. The maximum Gasteiger partial charge on any atom is 0.213 e. The van der Waals surface area contributed by atoms with Gasteiger partial charge >= 0.3 is 0 Å². The van der Waals surface area contributed by atoms with Crippen molar-refractivity contribution >= 4 is 22.1 Å². The van der Waals surface area contributed by atoms with Gasteiger partial charge in [-0.05, 0) is 25.1 Å². The number of hydrogen-bond donors (Lipinski definition) is 2. The molecule has 0 spiro atoms. The van der Waals surface area contributed by atoms with Gasteiger partial charge in [-0.2, -0.15) is 0 Å². The smallest absolute Gasteiger partial charge is 0.213 e. The number of nitrogens with two attached hydrogens (primary N) is 1. The molecular weight excluding hydrogens is 240 g/mol. The van der Waals surface area contributed by atoms with Crippen LogP contribution in [0.5, 0.6) is 0 Å². The highest BCUT2D eigenvalue weighted by molar-refractivity contribution is 6.00. The van der Waals surface area contributed by atoms with Crippen molar-refractivity contribution in [2.45, 2.75) is 13.5 Å². The van der Waals surface area contributed by atoms with Gasteiger partial charge in [-0.3, -0.25) is 4.98 Å². The zero-order valence-corrected chi connectivity index (χ0v) is 10.6. The quantitative estimate of drug-likeness (QED) is 0.703. The van der Waals surface area contributed by atoms with E-state index < -0.39 is 0 Å². The highest BCUT2D eigenvalue weighted by atomic mass is 16.4. The van der Waals surface area contributed by atoms with E-state index in [9.17, 15) is 0 Å². The summed E-state index contributed by atoms with van der Waals surface area (Å²) in [5, 5.41) is 5.27. The highest BCUT2D eigenvalue weighted by Gasteiger charge is 2.05. The molecular formula is C14H14N4O. The van der Waals surface area contributed by atoms with Gasteiger partial charge in [-0.25, -0.2) is 4.98 Å². The topological polar surface area (TPSA) is 77.0 Å². The molecule has 5 heteroatoms. The summed E-state index contributed by atoms with van der Waals surface area (Å²) in [7, 11) is 0. The van der Waals surface area contributed by atoms with Crippen LogP contribution in [0.2, 0.25) is 0 Å². The molecule has 3 N–H and O–H groups in total. The molecule has 0 aliphatic heterocycles. The van der Waals surface area contributed by atoms with Gasteiger partial charge in [0, 0.05) is 34.5 Å². The Hall–Kier alpha value is -2.56. The fraction of sp³-hybridized carbons (Fsp3) is 0.143. The number of rotatable bonds is 3. The summed E-state index contributed by atoms with van der Waals surface area (Å²) in [6, 6.07) is 5.73. The maximum atomic E-state index is 5.95. The molecule has 0 bridgehead atoms. The second kappa shape index (κ2) is 4.61. The largest absolute Gasteiger partial charge is 0.444 e. The van der Waals surface area contributed by atoms with Crippen molar-refractivity contribution in [3.63, 3.8) is 0 Å². The van der Waals surface area contributed by atoms with Gasteiger partial charge in [0.25, 0.3) is 0 Å². The van der Waals surface area contributed by atoms with E-state index in [2.05, 4.69) is 15.3 Å². The van der Waals surface area contributed by atoms with Crippen LogP contribution in [0.15, 0.2) is 41.2 Å². The highest BCUT2D eigenvalue weighted by Crippen LogP contribution is 2.27. The van der Waals surface area contributed by atoms with E-state index in [1.807, 2.05) is 25.1 Å². The van der Waals surface area contributed by atoms with Gasteiger partial charge in [0.1, 0.15) is 5.76 Å². The van der Waals surface area contributed by atoms with Crippen LogP contribution in [0.4, 0.5) is 11.4 Å². The Morgan fingerprint density at radius 2 is 2.11 bits per heavy atom. The molecule has 0 radical (unpaired) electrons. The molecule has 0 unspecified atom stereocenters. The van der Waals surface area contributed by atoms with Crippen molar-refractivity contribution in [2.75, 3.05) is 11.1 Å². The number of nitrogen functional groups attached to an aromatic ring is 1. The molecule has 1 aromatic carbocycles. The molecule has 0 atom stereocenters.